The van der Waals surface area contributed by atoms with Gasteiger partial charge in [0, 0.05) is 13.0 Å². The molecule has 0 saturated heterocycles. The Bertz CT molecular complexity index is 458. The molecule has 1 amide bonds. The van der Waals surface area contributed by atoms with Crippen LogP contribution in [-0.2, 0) is 11.2 Å². The quantitative estimate of drug-likeness (QED) is 0.835. The van der Waals surface area contributed by atoms with E-state index < -0.39 is 0 Å². The highest BCUT2D eigenvalue weighted by atomic mass is 16.1. The fourth-order valence-corrected chi connectivity index (χ4v) is 3.00. The van der Waals surface area contributed by atoms with Gasteiger partial charge in [-0.15, -0.1) is 0 Å². The van der Waals surface area contributed by atoms with E-state index in [-0.39, 0.29) is 11.9 Å². The summed E-state index contributed by atoms with van der Waals surface area (Å²) in [4.78, 5) is 14.4. The lowest BCUT2D eigenvalue weighted by Gasteiger charge is -2.26. The monoisotopic (exact) mass is 288 g/mol. The van der Waals surface area contributed by atoms with Gasteiger partial charge in [-0.25, -0.2) is 0 Å². The molecular formula is C18H28N2O. The molecule has 0 spiro atoms. The van der Waals surface area contributed by atoms with Crippen molar-refractivity contribution in [3.8, 4) is 0 Å². The Hall–Kier alpha value is -1.35. The van der Waals surface area contributed by atoms with Gasteiger partial charge in [-0.3, -0.25) is 4.79 Å². The molecule has 21 heavy (non-hydrogen) atoms. The molecule has 0 aromatic heterocycles. The maximum Gasteiger partial charge on any atom is 0.221 e. The molecule has 0 fully saturated rings. The van der Waals surface area contributed by atoms with E-state index in [0.717, 1.165) is 25.9 Å². The lowest BCUT2D eigenvalue weighted by Crippen LogP contribution is -2.33. The maximum atomic E-state index is 12.2. The highest BCUT2D eigenvalue weighted by Crippen LogP contribution is 2.29. The molecule has 1 unspecified atom stereocenters. The number of hydrogen-bond acceptors (Lipinski definition) is 2. The van der Waals surface area contributed by atoms with Crippen LogP contribution in [-0.4, -0.2) is 30.9 Å². The summed E-state index contributed by atoms with van der Waals surface area (Å²) in [5.74, 6) is 0.181. The molecule has 1 atom stereocenters. The SMILES string of the molecule is CCCCN(C)CCC(=O)NC1CCCc2ccccc21. The Balaban J connectivity index is 1.81. The fraction of sp³-hybridized carbons (Fsp3) is 0.611. The van der Waals surface area contributed by atoms with E-state index in [1.165, 1.54) is 30.4 Å². The smallest absolute Gasteiger partial charge is 0.221 e. The van der Waals surface area contributed by atoms with Crippen LogP contribution in [0.15, 0.2) is 24.3 Å². The zero-order valence-corrected chi connectivity index (χ0v) is 13.4. The molecule has 1 aromatic carbocycles. The zero-order valence-electron chi connectivity index (χ0n) is 13.4. The third-order valence-electron chi connectivity index (χ3n) is 4.32. The van der Waals surface area contributed by atoms with Gasteiger partial charge in [0.1, 0.15) is 0 Å². The largest absolute Gasteiger partial charge is 0.349 e. The first kappa shape index (κ1) is 16.0. The number of aryl methyl sites for hydroxylation is 1. The standard InChI is InChI=1S/C18H28N2O/c1-3-4-13-20(2)14-12-18(21)19-17-11-7-9-15-8-5-6-10-16(15)17/h5-6,8,10,17H,3-4,7,9,11-14H2,1-2H3,(H,19,21). The van der Waals surface area contributed by atoms with Crippen molar-refractivity contribution in [1.82, 2.24) is 10.2 Å². The lowest BCUT2D eigenvalue weighted by atomic mass is 9.87. The number of carbonyl (C=O) groups excluding carboxylic acids is 1. The highest BCUT2D eigenvalue weighted by Gasteiger charge is 2.21. The van der Waals surface area contributed by atoms with E-state index in [1.54, 1.807) is 0 Å². The minimum Gasteiger partial charge on any atom is -0.349 e. The van der Waals surface area contributed by atoms with Gasteiger partial charge in [0.2, 0.25) is 5.91 Å². The minimum atomic E-state index is 0.181. The predicted molar refractivity (Wildman–Crippen MR) is 87.3 cm³/mol. The normalized spacial score (nSPS) is 17.6. The molecule has 3 heteroatoms. The summed E-state index contributed by atoms with van der Waals surface area (Å²) >= 11 is 0. The van der Waals surface area contributed by atoms with Crippen LogP contribution >= 0.6 is 0 Å². The van der Waals surface area contributed by atoms with E-state index >= 15 is 0 Å². The molecule has 0 saturated carbocycles. The summed E-state index contributed by atoms with van der Waals surface area (Å²) in [6, 6.07) is 8.72. The van der Waals surface area contributed by atoms with E-state index in [4.69, 9.17) is 0 Å². The van der Waals surface area contributed by atoms with Crippen LogP contribution in [0.4, 0.5) is 0 Å². The van der Waals surface area contributed by atoms with Crippen LogP contribution in [0.3, 0.4) is 0 Å². The van der Waals surface area contributed by atoms with Crippen molar-refractivity contribution in [3.05, 3.63) is 35.4 Å². The van der Waals surface area contributed by atoms with Gasteiger partial charge in [0.15, 0.2) is 0 Å². The Kier molecular flexibility index (Phi) is 6.24. The summed E-state index contributed by atoms with van der Waals surface area (Å²) in [5.41, 5.74) is 2.71. The maximum absolute atomic E-state index is 12.2. The first-order valence-electron chi connectivity index (χ1n) is 8.26. The average molecular weight is 288 g/mol. The number of nitrogens with zero attached hydrogens (tertiary/aromatic N) is 1. The van der Waals surface area contributed by atoms with Crippen molar-refractivity contribution in [2.24, 2.45) is 0 Å². The molecule has 0 heterocycles. The number of rotatable bonds is 7. The van der Waals surface area contributed by atoms with E-state index in [0.29, 0.717) is 6.42 Å². The van der Waals surface area contributed by atoms with Gasteiger partial charge in [-0.05, 0) is 50.4 Å². The lowest BCUT2D eigenvalue weighted by molar-refractivity contribution is -0.122. The van der Waals surface area contributed by atoms with Crippen molar-refractivity contribution < 1.29 is 4.79 Å². The van der Waals surface area contributed by atoms with Gasteiger partial charge in [0.05, 0.1) is 6.04 Å². The third-order valence-corrected chi connectivity index (χ3v) is 4.32. The average Bonchev–Trinajstić information content (AvgIpc) is 2.51. The number of hydrogen-bond donors (Lipinski definition) is 1. The van der Waals surface area contributed by atoms with Gasteiger partial charge in [0.25, 0.3) is 0 Å². The summed E-state index contributed by atoms with van der Waals surface area (Å²) in [7, 11) is 2.10. The van der Waals surface area contributed by atoms with Gasteiger partial charge in [-0.1, -0.05) is 37.6 Å². The molecule has 0 radical (unpaired) electrons. The third kappa shape index (κ3) is 4.85. The molecule has 1 aliphatic rings. The number of carbonyl (C=O) groups is 1. The van der Waals surface area contributed by atoms with Gasteiger partial charge >= 0.3 is 0 Å². The van der Waals surface area contributed by atoms with E-state index in [2.05, 4.69) is 48.5 Å². The van der Waals surface area contributed by atoms with Crippen molar-refractivity contribution in [3.63, 3.8) is 0 Å². The second kappa shape index (κ2) is 8.18. The molecule has 0 aliphatic heterocycles. The predicted octanol–water partition coefficient (Wildman–Crippen LogP) is 3.30. The molecule has 116 valence electrons. The van der Waals surface area contributed by atoms with Gasteiger partial charge < -0.3 is 10.2 Å². The van der Waals surface area contributed by atoms with E-state index in [9.17, 15) is 4.79 Å². The Morgan fingerprint density at radius 3 is 2.95 bits per heavy atom. The first-order chi connectivity index (χ1) is 10.2. The fourth-order valence-electron chi connectivity index (χ4n) is 3.00. The van der Waals surface area contributed by atoms with Crippen LogP contribution in [0.1, 0.15) is 56.2 Å². The van der Waals surface area contributed by atoms with Crippen LogP contribution < -0.4 is 5.32 Å². The zero-order chi connectivity index (χ0) is 15.1. The van der Waals surface area contributed by atoms with Crippen molar-refractivity contribution >= 4 is 5.91 Å². The molecule has 0 bridgehead atoms. The molecule has 2 rings (SSSR count). The first-order valence-corrected chi connectivity index (χ1v) is 8.26. The topological polar surface area (TPSA) is 32.3 Å². The number of amides is 1. The van der Waals surface area contributed by atoms with Crippen LogP contribution in [0, 0.1) is 0 Å². The van der Waals surface area contributed by atoms with Crippen LogP contribution in [0.5, 0.6) is 0 Å². The summed E-state index contributed by atoms with van der Waals surface area (Å²) in [6.07, 6.45) is 6.37. The Labute approximate surface area is 128 Å². The summed E-state index contributed by atoms with van der Waals surface area (Å²) < 4.78 is 0. The second-order valence-corrected chi connectivity index (χ2v) is 6.12. The van der Waals surface area contributed by atoms with Crippen LogP contribution in [0.2, 0.25) is 0 Å². The van der Waals surface area contributed by atoms with Crippen molar-refractivity contribution in [2.45, 2.75) is 51.5 Å². The number of fused-ring (bicyclic) bond motifs is 1. The molecule has 3 nitrogen and oxygen atoms in total. The van der Waals surface area contributed by atoms with E-state index in [1.807, 2.05) is 0 Å². The number of nitrogens with one attached hydrogen (secondary N) is 1. The Morgan fingerprint density at radius 1 is 1.33 bits per heavy atom. The van der Waals surface area contributed by atoms with Gasteiger partial charge in [-0.2, -0.15) is 0 Å². The number of benzene rings is 1. The van der Waals surface area contributed by atoms with Crippen molar-refractivity contribution in [1.29, 1.82) is 0 Å². The molecule has 1 N–H and O–H groups in total. The Morgan fingerprint density at radius 2 is 2.14 bits per heavy atom. The molecule has 1 aromatic rings. The van der Waals surface area contributed by atoms with Crippen LogP contribution in [0.25, 0.3) is 0 Å². The summed E-state index contributed by atoms with van der Waals surface area (Å²) in [6.45, 7) is 4.12. The molecule has 1 aliphatic carbocycles. The highest BCUT2D eigenvalue weighted by molar-refractivity contribution is 5.76. The number of unbranched alkanes of at least 4 members (excludes halogenated alkanes) is 1. The summed E-state index contributed by atoms with van der Waals surface area (Å²) in [5, 5.41) is 3.22. The second-order valence-electron chi connectivity index (χ2n) is 6.12. The van der Waals surface area contributed by atoms with Crippen molar-refractivity contribution in [2.75, 3.05) is 20.1 Å². The molecular weight excluding hydrogens is 260 g/mol. The minimum absolute atomic E-state index is 0.181.